The van der Waals surface area contributed by atoms with Crippen molar-refractivity contribution in [2.24, 2.45) is 0 Å². The topological polar surface area (TPSA) is 35.2 Å². The highest BCUT2D eigenvalue weighted by atomic mass is 32.1. The lowest BCUT2D eigenvalue weighted by atomic mass is 10.1. The Hall–Kier alpha value is -1.69. The van der Waals surface area contributed by atoms with Crippen molar-refractivity contribution in [1.29, 1.82) is 0 Å². The van der Waals surface area contributed by atoms with E-state index in [-0.39, 0.29) is 5.75 Å². The van der Waals surface area contributed by atoms with Gasteiger partial charge in [0.2, 0.25) is 0 Å². The van der Waals surface area contributed by atoms with Crippen molar-refractivity contribution in [3.8, 4) is 16.9 Å². The third kappa shape index (κ3) is 2.95. The molecule has 1 heterocycles. The number of alkyl halides is 3. The van der Waals surface area contributed by atoms with Crippen LogP contribution in [-0.4, -0.2) is 6.36 Å². The minimum absolute atomic E-state index is 0.241. The molecular weight excluding hydrogens is 263 g/mol. The van der Waals surface area contributed by atoms with Gasteiger partial charge >= 0.3 is 6.36 Å². The van der Waals surface area contributed by atoms with Gasteiger partial charge in [0, 0.05) is 16.1 Å². The molecule has 0 saturated carbocycles. The standard InChI is InChI=1S/C12H10F3NOS/c1-7-4-8(6-18-7)10-5-9(16)2-3-11(10)17-12(13,14)15/h2-6H,16H2,1H3. The number of halogens is 3. The number of nitrogens with two attached hydrogens (primary N) is 1. The van der Waals surface area contributed by atoms with Gasteiger partial charge in [-0.15, -0.1) is 24.5 Å². The summed E-state index contributed by atoms with van der Waals surface area (Å²) in [5.74, 6) is -0.241. The van der Waals surface area contributed by atoms with Gasteiger partial charge in [-0.2, -0.15) is 0 Å². The summed E-state index contributed by atoms with van der Waals surface area (Å²) in [6, 6.07) is 5.88. The van der Waals surface area contributed by atoms with Crippen LogP contribution in [0.3, 0.4) is 0 Å². The molecule has 0 radical (unpaired) electrons. The van der Waals surface area contributed by atoms with Crippen molar-refractivity contribution in [2.75, 3.05) is 5.73 Å². The van der Waals surface area contributed by atoms with Crippen LogP contribution in [-0.2, 0) is 0 Å². The van der Waals surface area contributed by atoms with Gasteiger partial charge in [-0.05, 0) is 42.1 Å². The lowest BCUT2D eigenvalue weighted by molar-refractivity contribution is -0.274. The van der Waals surface area contributed by atoms with Gasteiger partial charge in [0.15, 0.2) is 0 Å². The molecule has 2 N–H and O–H groups in total. The molecule has 0 aliphatic rings. The van der Waals surface area contributed by atoms with E-state index in [0.29, 0.717) is 16.8 Å². The normalized spacial score (nSPS) is 11.6. The fraction of sp³-hybridized carbons (Fsp3) is 0.167. The molecule has 0 atom stereocenters. The van der Waals surface area contributed by atoms with Crippen molar-refractivity contribution in [3.05, 3.63) is 34.5 Å². The van der Waals surface area contributed by atoms with Gasteiger partial charge in [-0.1, -0.05) is 0 Å². The van der Waals surface area contributed by atoms with Crippen LogP contribution in [0.1, 0.15) is 4.88 Å². The van der Waals surface area contributed by atoms with Crippen LogP contribution in [0.15, 0.2) is 29.6 Å². The van der Waals surface area contributed by atoms with Crippen molar-refractivity contribution in [3.63, 3.8) is 0 Å². The molecule has 0 bridgehead atoms. The van der Waals surface area contributed by atoms with Crippen LogP contribution < -0.4 is 10.5 Å². The van der Waals surface area contributed by atoms with E-state index < -0.39 is 6.36 Å². The van der Waals surface area contributed by atoms with Gasteiger partial charge in [-0.3, -0.25) is 0 Å². The Balaban J connectivity index is 2.47. The Morgan fingerprint density at radius 2 is 1.94 bits per heavy atom. The monoisotopic (exact) mass is 273 g/mol. The van der Waals surface area contributed by atoms with Crippen LogP contribution in [0, 0.1) is 6.92 Å². The first-order valence-electron chi connectivity index (χ1n) is 5.06. The zero-order chi connectivity index (χ0) is 13.3. The van der Waals surface area contributed by atoms with E-state index in [1.807, 2.05) is 6.92 Å². The average molecular weight is 273 g/mol. The summed E-state index contributed by atoms with van der Waals surface area (Å²) in [4.78, 5) is 1.00. The maximum Gasteiger partial charge on any atom is 0.573 e. The first-order chi connectivity index (χ1) is 8.35. The molecule has 6 heteroatoms. The number of benzene rings is 1. The summed E-state index contributed by atoms with van der Waals surface area (Å²) >= 11 is 1.45. The largest absolute Gasteiger partial charge is 0.573 e. The van der Waals surface area contributed by atoms with E-state index >= 15 is 0 Å². The number of aryl methyl sites for hydroxylation is 1. The third-order valence-electron chi connectivity index (χ3n) is 2.27. The zero-order valence-corrected chi connectivity index (χ0v) is 10.2. The molecule has 18 heavy (non-hydrogen) atoms. The Bertz CT molecular complexity index is 563. The Labute approximate surface area is 106 Å². The van der Waals surface area contributed by atoms with E-state index in [2.05, 4.69) is 4.74 Å². The lowest BCUT2D eigenvalue weighted by Crippen LogP contribution is -2.17. The molecule has 2 rings (SSSR count). The first kappa shape index (κ1) is 12.8. The summed E-state index contributed by atoms with van der Waals surface area (Å²) in [6.07, 6.45) is -4.71. The Morgan fingerprint density at radius 3 is 2.50 bits per heavy atom. The summed E-state index contributed by atoms with van der Waals surface area (Å²) in [5.41, 5.74) is 7.01. The Kier molecular flexibility index (Phi) is 3.21. The molecule has 0 aliphatic carbocycles. The number of nitrogen functional groups attached to an aromatic ring is 1. The van der Waals surface area contributed by atoms with Crippen LogP contribution in [0.4, 0.5) is 18.9 Å². The lowest BCUT2D eigenvalue weighted by Gasteiger charge is -2.13. The molecule has 1 aromatic carbocycles. The van der Waals surface area contributed by atoms with Crippen molar-refractivity contribution >= 4 is 17.0 Å². The molecule has 0 amide bonds. The van der Waals surface area contributed by atoms with E-state index in [1.165, 1.54) is 29.5 Å². The number of rotatable bonds is 2. The second-order valence-corrected chi connectivity index (χ2v) is 4.86. The van der Waals surface area contributed by atoms with E-state index in [1.54, 1.807) is 11.4 Å². The van der Waals surface area contributed by atoms with E-state index in [4.69, 9.17) is 5.73 Å². The fourth-order valence-corrected chi connectivity index (χ4v) is 2.27. The maximum atomic E-state index is 12.3. The summed E-state index contributed by atoms with van der Waals surface area (Å²) in [6.45, 7) is 1.88. The highest BCUT2D eigenvalue weighted by Crippen LogP contribution is 2.37. The average Bonchev–Trinajstić information content (AvgIpc) is 2.65. The number of anilines is 1. The minimum atomic E-state index is -4.71. The molecule has 0 spiro atoms. The number of hydrogen-bond acceptors (Lipinski definition) is 3. The van der Waals surface area contributed by atoms with Crippen molar-refractivity contribution < 1.29 is 17.9 Å². The van der Waals surface area contributed by atoms with Gasteiger partial charge in [0.25, 0.3) is 0 Å². The van der Waals surface area contributed by atoms with Gasteiger partial charge in [-0.25, -0.2) is 0 Å². The van der Waals surface area contributed by atoms with Crippen LogP contribution in [0.2, 0.25) is 0 Å². The van der Waals surface area contributed by atoms with E-state index in [9.17, 15) is 13.2 Å². The van der Waals surface area contributed by atoms with Crippen molar-refractivity contribution in [2.45, 2.75) is 13.3 Å². The molecule has 0 unspecified atom stereocenters. The molecule has 0 aliphatic heterocycles. The summed E-state index contributed by atoms with van der Waals surface area (Å²) in [5, 5.41) is 1.77. The molecule has 96 valence electrons. The fourth-order valence-electron chi connectivity index (χ4n) is 1.57. The second-order valence-electron chi connectivity index (χ2n) is 3.75. The van der Waals surface area contributed by atoms with E-state index in [0.717, 1.165) is 4.88 Å². The molecule has 2 aromatic rings. The smallest absolute Gasteiger partial charge is 0.405 e. The highest BCUT2D eigenvalue weighted by Gasteiger charge is 2.32. The molecule has 0 saturated heterocycles. The second kappa shape index (κ2) is 4.53. The predicted molar refractivity (Wildman–Crippen MR) is 65.6 cm³/mol. The molecule has 2 nitrogen and oxygen atoms in total. The molecule has 0 fully saturated rings. The van der Waals surface area contributed by atoms with Gasteiger partial charge in [0.05, 0.1) is 0 Å². The maximum absolute atomic E-state index is 12.3. The van der Waals surface area contributed by atoms with Gasteiger partial charge < -0.3 is 10.5 Å². The zero-order valence-electron chi connectivity index (χ0n) is 9.41. The van der Waals surface area contributed by atoms with Gasteiger partial charge in [0.1, 0.15) is 5.75 Å². The SMILES string of the molecule is Cc1cc(-c2cc(N)ccc2OC(F)(F)F)cs1. The van der Waals surface area contributed by atoms with Crippen LogP contribution >= 0.6 is 11.3 Å². The number of ether oxygens (including phenoxy) is 1. The summed E-state index contributed by atoms with van der Waals surface area (Å²) in [7, 11) is 0. The Morgan fingerprint density at radius 1 is 1.22 bits per heavy atom. The minimum Gasteiger partial charge on any atom is -0.405 e. The molecular formula is C12H10F3NOS. The van der Waals surface area contributed by atoms with Crippen LogP contribution in [0.25, 0.3) is 11.1 Å². The highest BCUT2D eigenvalue weighted by molar-refractivity contribution is 7.10. The summed E-state index contributed by atoms with van der Waals surface area (Å²) < 4.78 is 40.9. The quantitative estimate of drug-likeness (QED) is 0.832. The predicted octanol–water partition coefficient (Wildman–Crippen LogP) is 4.20. The molecule has 1 aromatic heterocycles. The van der Waals surface area contributed by atoms with Crippen LogP contribution in [0.5, 0.6) is 5.75 Å². The third-order valence-corrected chi connectivity index (χ3v) is 3.13. The number of thiophene rings is 1. The number of hydrogen-bond donors (Lipinski definition) is 1. The first-order valence-corrected chi connectivity index (χ1v) is 5.94. The van der Waals surface area contributed by atoms with Crippen molar-refractivity contribution in [1.82, 2.24) is 0 Å².